The van der Waals surface area contributed by atoms with Crippen LogP contribution in [0, 0.1) is 23.7 Å². The van der Waals surface area contributed by atoms with Gasteiger partial charge in [-0.05, 0) is 68.7 Å². The first-order chi connectivity index (χ1) is 10.7. The van der Waals surface area contributed by atoms with E-state index in [1.807, 2.05) is 0 Å². The third kappa shape index (κ3) is 4.26. The van der Waals surface area contributed by atoms with Gasteiger partial charge in [0, 0.05) is 25.2 Å². The van der Waals surface area contributed by atoms with Crippen LogP contribution < -0.4 is 5.32 Å². The minimum atomic E-state index is 0.745. The van der Waals surface area contributed by atoms with Crippen LogP contribution in [0.15, 0.2) is 0 Å². The predicted molar refractivity (Wildman–Crippen MR) is 95.1 cm³/mol. The Labute approximate surface area is 138 Å². The van der Waals surface area contributed by atoms with Gasteiger partial charge in [-0.15, -0.1) is 0 Å². The number of rotatable bonds is 7. The highest BCUT2D eigenvalue weighted by Gasteiger charge is 2.38. The highest BCUT2D eigenvalue weighted by atomic mass is 15.2. The van der Waals surface area contributed by atoms with Crippen molar-refractivity contribution < 1.29 is 0 Å². The number of likely N-dealkylation sites (tertiary alicyclic amines) is 1. The molecule has 2 heteroatoms. The molecular weight excluding hydrogens is 268 g/mol. The van der Waals surface area contributed by atoms with Gasteiger partial charge in [0.05, 0.1) is 0 Å². The minimum absolute atomic E-state index is 0.745. The first kappa shape index (κ1) is 16.8. The summed E-state index contributed by atoms with van der Waals surface area (Å²) in [5.41, 5.74) is 0. The fraction of sp³-hybridized carbons (Fsp3) is 1.00. The van der Waals surface area contributed by atoms with Crippen molar-refractivity contribution in [3.63, 3.8) is 0 Å². The molecule has 3 fully saturated rings. The van der Waals surface area contributed by atoms with E-state index in [1.165, 1.54) is 71.0 Å². The molecule has 2 saturated carbocycles. The molecule has 3 atom stereocenters. The molecular formula is C20H38N2. The van der Waals surface area contributed by atoms with Gasteiger partial charge in [-0.25, -0.2) is 0 Å². The molecule has 3 unspecified atom stereocenters. The lowest BCUT2D eigenvalue weighted by atomic mass is 9.84. The van der Waals surface area contributed by atoms with Crippen LogP contribution in [-0.4, -0.2) is 36.6 Å². The Balaban J connectivity index is 1.56. The molecule has 0 aromatic carbocycles. The van der Waals surface area contributed by atoms with Crippen molar-refractivity contribution in [1.82, 2.24) is 10.2 Å². The van der Waals surface area contributed by atoms with Crippen molar-refractivity contribution in [1.29, 1.82) is 0 Å². The summed E-state index contributed by atoms with van der Waals surface area (Å²) in [6, 6.07) is 1.62. The van der Waals surface area contributed by atoms with Gasteiger partial charge in [0.15, 0.2) is 0 Å². The second-order valence-corrected chi connectivity index (χ2v) is 8.76. The molecule has 3 aliphatic rings. The topological polar surface area (TPSA) is 15.3 Å². The van der Waals surface area contributed by atoms with Crippen LogP contribution in [0.25, 0.3) is 0 Å². The summed E-state index contributed by atoms with van der Waals surface area (Å²) < 4.78 is 0. The largest absolute Gasteiger partial charge is 0.312 e. The Kier molecular flexibility index (Phi) is 5.84. The van der Waals surface area contributed by atoms with E-state index in [2.05, 4.69) is 31.0 Å². The molecule has 0 bridgehead atoms. The lowest BCUT2D eigenvalue weighted by Gasteiger charge is -2.44. The molecule has 1 N–H and O–H groups in total. The van der Waals surface area contributed by atoms with Gasteiger partial charge in [0.2, 0.25) is 0 Å². The van der Waals surface area contributed by atoms with Gasteiger partial charge in [0.1, 0.15) is 0 Å². The average molecular weight is 307 g/mol. The standard InChI is InChI=1S/C20H38N2/c1-4-20(17-9-10-17)22-13-18(15(2)3)11-19(14-22)21-12-16-7-5-6-8-16/h15-21H,4-14H2,1-3H3. The van der Waals surface area contributed by atoms with Crippen molar-refractivity contribution in [3.8, 4) is 0 Å². The molecule has 1 saturated heterocycles. The molecule has 22 heavy (non-hydrogen) atoms. The number of nitrogens with one attached hydrogen (secondary N) is 1. The van der Waals surface area contributed by atoms with Gasteiger partial charge < -0.3 is 5.32 Å². The zero-order valence-corrected chi connectivity index (χ0v) is 15.2. The first-order valence-electron chi connectivity index (χ1n) is 10.1. The molecule has 2 nitrogen and oxygen atoms in total. The molecule has 0 aromatic heterocycles. The van der Waals surface area contributed by atoms with Gasteiger partial charge >= 0.3 is 0 Å². The van der Waals surface area contributed by atoms with Crippen molar-refractivity contribution in [2.45, 2.75) is 84.2 Å². The Morgan fingerprint density at radius 2 is 1.73 bits per heavy atom. The summed E-state index contributed by atoms with van der Waals surface area (Å²) in [7, 11) is 0. The summed E-state index contributed by atoms with van der Waals surface area (Å²) >= 11 is 0. The second-order valence-electron chi connectivity index (χ2n) is 8.76. The fourth-order valence-corrected chi connectivity index (χ4v) is 4.99. The maximum atomic E-state index is 3.98. The molecule has 0 amide bonds. The van der Waals surface area contributed by atoms with Crippen LogP contribution in [0.1, 0.15) is 72.1 Å². The quantitative estimate of drug-likeness (QED) is 0.754. The maximum absolute atomic E-state index is 3.98. The molecule has 128 valence electrons. The van der Waals surface area contributed by atoms with Crippen LogP contribution >= 0.6 is 0 Å². The highest BCUT2D eigenvalue weighted by molar-refractivity contribution is 4.93. The number of hydrogen-bond donors (Lipinski definition) is 1. The Hall–Kier alpha value is -0.0800. The number of piperidine rings is 1. The first-order valence-corrected chi connectivity index (χ1v) is 10.1. The predicted octanol–water partition coefficient (Wildman–Crippen LogP) is 4.30. The number of nitrogens with zero attached hydrogens (tertiary/aromatic N) is 1. The molecule has 0 radical (unpaired) electrons. The molecule has 0 aromatic rings. The summed E-state index contributed by atoms with van der Waals surface area (Å²) in [6.07, 6.45) is 11.6. The fourth-order valence-electron chi connectivity index (χ4n) is 4.99. The van der Waals surface area contributed by atoms with E-state index >= 15 is 0 Å². The zero-order valence-electron chi connectivity index (χ0n) is 15.2. The Morgan fingerprint density at radius 3 is 2.32 bits per heavy atom. The molecule has 1 heterocycles. The third-order valence-electron chi connectivity index (χ3n) is 6.68. The van der Waals surface area contributed by atoms with Crippen LogP contribution in [0.4, 0.5) is 0 Å². The SMILES string of the molecule is CCC(C1CC1)N1CC(NCC2CCCC2)CC(C(C)C)C1. The van der Waals surface area contributed by atoms with E-state index in [1.54, 1.807) is 0 Å². The van der Waals surface area contributed by atoms with E-state index in [4.69, 9.17) is 0 Å². The van der Waals surface area contributed by atoms with Crippen LogP contribution in [0.5, 0.6) is 0 Å². The van der Waals surface area contributed by atoms with Crippen molar-refractivity contribution in [2.75, 3.05) is 19.6 Å². The molecule has 0 spiro atoms. The van der Waals surface area contributed by atoms with Gasteiger partial charge in [-0.3, -0.25) is 4.90 Å². The highest BCUT2D eigenvalue weighted by Crippen LogP contribution is 2.39. The van der Waals surface area contributed by atoms with E-state index in [9.17, 15) is 0 Å². The van der Waals surface area contributed by atoms with Gasteiger partial charge in [-0.1, -0.05) is 33.6 Å². The molecule has 1 aliphatic heterocycles. The van der Waals surface area contributed by atoms with Crippen molar-refractivity contribution in [2.24, 2.45) is 23.7 Å². The van der Waals surface area contributed by atoms with Gasteiger partial charge in [-0.2, -0.15) is 0 Å². The maximum Gasteiger partial charge on any atom is 0.0198 e. The van der Waals surface area contributed by atoms with E-state index < -0.39 is 0 Å². The van der Waals surface area contributed by atoms with E-state index in [0.717, 1.165) is 35.8 Å². The summed E-state index contributed by atoms with van der Waals surface area (Å²) in [4.78, 5) is 2.87. The molecule has 2 aliphatic carbocycles. The third-order valence-corrected chi connectivity index (χ3v) is 6.68. The Bertz CT molecular complexity index is 331. The number of hydrogen-bond acceptors (Lipinski definition) is 2. The Morgan fingerprint density at radius 1 is 1.00 bits per heavy atom. The lowest BCUT2D eigenvalue weighted by molar-refractivity contribution is 0.0660. The molecule has 3 rings (SSSR count). The van der Waals surface area contributed by atoms with E-state index in [-0.39, 0.29) is 0 Å². The summed E-state index contributed by atoms with van der Waals surface area (Å²) in [5.74, 6) is 3.71. The minimum Gasteiger partial charge on any atom is -0.312 e. The lowest BCUT2D eigenvalue weighted by Crippen LogP contribution is -2.54. The average Bonchev–Trinajstić information content (AvgIpc) is 3.20. The van der Waals surface area contributed by atoms with Crippen LogP contribution in [0.2, 0.25) is 0 Å². The van der Waals surface area contributed by atoms with Crippen LogP contribution in [0.3, 0.4) is 0 Å². The van der Waals surface area contributed by atoms with Crippen molar-refractivity contribution in [3.05, 3.63) is 0 Å². The zero-order chi connectivity index (χ0) is 15.5. The van der Waals surface area contributed by atoms with Crippen molar-refractivity contribution >= 4 is 0 Å². The van der Waals surface area contributed by atoms with E-state index in [0.29, 0.717) is 0 Å². The smallest absolute Gasteiger partial charge is 0.0198 e. The monoisotopic (exact) mass is 306 g/mol. The van der Waals surface area contributed by atoms with Crippen LogP contribution in [-0.2, 0) is 0 Å². The normalized spacial score (nSPS) is 32.7. The summed E-state index contributed by atoms with van der Waals surface area (Å²) in [6.45, 7) is 11.2. The van der Waals surface area contributed by atoms with Gasteiger partial charge in [0.25, 0.3) is 0 Å². The second kappa shape index (κ2) is 7.66. The summed E-state index contributed by atoms with van der Waals surface area (Å²) in [5, 5.41) is 3.98.